The highest BCUT2D eigenvalue weighted by Gasteiger charge is 2.17. The summed E-state index contributed by atoms with van der Waals surface area (Å²) in [6, 6.07) is 0. The first-order valence-corrected chi connectivity index (χ1v) is 3.58. The molecule has 9 heavy (non-hydrogen) atoms. The Morgan fingerprint density at radius 1 is 1.67 bits per heavy atom. The van der Waals surface area contributed by atoms with Crippen molar-refractivity contribution in [2.24, 2.45) is 5.92 Å². The fourth-order valence-corrected chi connectivity index (χ4v) is 1.12. The smallest absolute Gasteiger partial charge is 0.0950 e. The molecule has 0 N–H and O–H groups in total. The topological polar surface area (TPSA) is 9.23 Å². The zero-order chi connectivity index (χ0) is 6.85. The maximum absolute atomic E-state index is 5.41. The van der Waals surface area contributed by atoms with Gasteiger partial charge in [-0.15, -0.1) is 0 Å². The molecule has 0 saturated heterocycles. The van der Waals surface area contributed by atoms with Crippen molar-refractivity contribution in [3.8, 4) is 0 Å². The normalized spacial score (nSPS) is 26.8. The van der Waals surface area contributed by atoms with Crippen LogP contribution in [-0.4, -0.2) is 6.61 Å². The van der Waals surface area contributed by atoms with Gasteiger partial charge in [-0.1, -0.05) is 13.8 Å². The Bertz CT molecular complexity index is 136. The lowest BCUT2D eigenvalue weighted by Crippen LogP contribution is -1.94. The largest absolute Gasteiger partial charge is 0.497 e. The van der Waals surface area contributed by atoms with Crippen molar-refractivity contribution in [1.29, 1.82) is 0 Å². The molecule has 1 aliphatic heterocycles. The van der Waals surface area contributed by atoms with E-state index in [1.165, 1.54) is 11.3 Å². The van der Waals surface area contributed by atoms with E-state index in [1.807, 2.05) is 0 Å². The van der Waals surface area contributed by atoms with Crippen LogP contribution in [0.1, 0.15) is 27.2 Å². The van der Waals surface area contributed by atoms with Crippen molar-refractivity contribution in [3.63, 3.8) is 0 Å². The van der Waals surface area contributed by atoms with Crippen molar-refractivity contribution in [1.82, 2.24) is 0 Å². The van der Waals surface area contributed by atoms with Crippen LogP contribution in [-0.2, 0) is 4.74 Å². The van der Waals surface area contributed by atoms with E-state index in [0.717, 1.165) is 13.0 Å². The van der Waals surface area contributed by atoms with Crippen LogP contribution in [0, 0.1) is 5.92 Å². The van der Waals surface area contributed by atoms with Crippen LogP contribution in [0.15, 0.2) is 11.3 Å². The molecule has 0 fully saturated rings. The molecule has 1 aliphatic rings. The van der Waals surface area contributed by atoms with E-state index in [9.17, 15) is 0 Å². The lowest BCUT2D eigenvalue weighted by Gasteiger charge is -1.97. The third-order valence-corrected chi connectivity index (χ3v) is 2.01. The Hall–Kier alpha value is -0.460. The molecule has 0 bridgehead atoms. The molecule has 1 heterocycles. The molecular weight excluding hydrogens is 112 g/mol. The van der Waals surface area contributed by atoms with Gasteiger partial charge in [-0.25, -0.2) is 0 Å². The summed E-state index contributed by atoms with van der Waals surface area (Å²) in [4.78, 5) is 0. The van der Waals surface area contributed by atoms with Gasteiger partial charge in [0.2, 0.25) is 0 Å². The van der Waals surface area contributed by atoms with E-state index in [0.29, 0.717) is 5.92 Å². The van der Waals surface area contributed by atoms with Gasteiger partial charge in [-0.3, -0.25) is 0 Å². The molecule has 0 aromatic heterocycles. The molecule has 0 aromatic carbocycles. The summed E-state index contributed by atoms with van der Waals surface area (Å²) >= 11 is 0. The van der Waals surface area contributed by atoms with E-state index in [4.69, 9.17) is 4.74 Å². The Morgan fingerprint density at radius 2 is 2.33 bits per heavy atom. The van der Waals surface area contributed by atoms with Crippen molar-refractivity contribution in [2.75, 3.05) is 6.61 Å². The van der Waals surface area contributed by atoms with E-state index in [-0.39, 0.29) is 0 Å². The fraction of sp³-hybridized carbons (Fsp3) is 0.750. The number of ether oxygens (including phenoxy) is 1. The van der Waals surface area contributed by atoms with Crippen LogP contribution < -0.4 is 0 Å². The maximum atomic E-state index is 5.41. The van der Waals surface area contributed by atoms with Crippen LogP contribution in [0.5, 0.6) is 0 Å². The first-order valence-electron chi connectivity index (χ1n) is 3.58. The molecule has 52 valence electrons. The predicted molar refractivity (Wildman–Crippen MR) is 38.1 cm³/mol. The molecule has 1 rings (SSSR count). The van der Waals surface area contributed by atoms with Gasteiger partial charge in [0.05, 0.1) is 12.4 Å². The van der Waals surface area contributed by atoms with E-state index < -0.39 is 0 Å². The molecule has 1 unspecified atom stereocenters. The highest BCUT2D eigenvalue weighted by Crippen LogP contribution is 2.25. The lowest BCUT2D eigenvalue weighted by atomic mass is 10.0. The van der Waals surface area contributed by atoms with Gasteiger partial charge in [-0.05, 0) is 12.5 Å². The minimum atomic E-state index is 0.653. The molecule has 1 heteroatoms. The molecule has 1 nitrogen and oxygen atoms in total. The van der Waals surface area contributed by atoms with Crippen molar-refractivity contribution in [2.45, 2.75) is 27.2 Å². The predicted octanol–water partition coefficient (Wildman–Crippen LogP) is 2.34. The zero-order valence-corrected chi connectivity index (χ0v) is 6.40. The third kappa shape index (κ3) is 1.09. The first kappa shape index (κ1) is 6.66. The van der Waals surface area contributed by atoms with E-state index in [1.54, 1.807) is 0 Å². The maximum Gasteiger partial charge on any atom is 0.0950 e. The summed E-state index contributed by atoms with van der Waals surface area (Å²) in [6.45, 7) is 7.40. The second kappa shape index (κ2) is 2.42. The average molecular weight is 126 g/mol. The standard InChI is InChI=1S/C8H14O/c1-4-8-7(3)6(2)5-9-8/h6H,4-5H2,1-3H3. The molecule has 0 spiro atoms. The highest BCUT2D eigenvalue weighted by molar-refractivity contribution is 5.12. The summed E-state index contributed by atoms with van der Waals surface area (Å²) in [6.07, 6.45) is 1.05. The summed E-state index contributed by atoms with van der Waals surface area (Å²) in [5.41, 5.74) is 1.44. The van der Waals surface area contributed by atoms with Gasteiger partial charge in [0.15, 0.2) is 0 Å². The summed E-state index contributed by atoms with van der Waals surface area (Å²) < 4.78 is 5.41. The Balaban J connectivity index is 2.68. The van der Waals surface area contributed by atoms with Gasteiger partial charge in [0.1, 0.15) is 0 Å². The van der Waals surface area contributed by atoms with Gasteiger partial charge < -0.3 is 4.74 Å². The van der Waals surface area contributed by atoms with Crippen LogP contribution >= 0.6 is 0 Å². The summed E-state index contributed by atoms with van der Waals surface area (Å²) in [7, 11) is 0. The first-order chi connectivity index (χ1) is 4.25. The van der Waals surface area contributed by atoms with Gasteiger partial charge in [0, 0.05) is 12.3 Å². The SMILES string of the molecule is CCC1=C(C)C(C)CO1. The zero-order valence-electron chi connectivity index (χ0n) is 6.40. The molecule has 0 saturated carbocycles. The molecule has 0 aromatic rings. The van der Waals surface area contributed by atoms with Crippen molar-refractivity contribution in [3.05, 3.63) is 11.3 Å². The quantitative estimate of drug-likeness (QED) is 0.524. The van der Waals surface area contributed by atoms with Gasteiger partial charge >= 0.3 is 0 Å². The molecule has 0 amide bonds. The Kier molecular flexibility index (Phi) is 1.79. The summed E-state index contributed by atoms with van der Waals surface area (Å²) in [5.74, 6) is 1.86. The number of hydrogen-bond donors (Lipinski definition) is 0. The number of allylic oxidation sites excluding steroid dienone is 1. The highest BCUT2D eigenvalue weighted by atomic mass is 16.5. The molecular formula is C8H14O. The monoisotopic (exact) mass is 126 g/mol. The Labute approximate surface area is 56.7 Å². The Morgan fingerprint density at radius 3 is 2.56 bits per heavy atom. The van der Waals surface area contributed by atoms with Gasteiger partial charge in [0.25, 0.3) is 0 Å². The minimum absolute atomic E-state index is 0.653. The van der Waals surface area contributed by atoms with Crippen LogP contribution in [0.25, 0.3) is 0 Å². The minimum Gasteiger partial charge on any atom is -0.497 e. The average Bonchev–Trinajstić information content (AvgIpc) is 2.15. The third-order valence-electron chi connectivity index (χ3n) is 2.01. The van der Waals surface area contributed by atoms with Crippen molar-refractivity contribution < 1.29 is 4.74 Å². The molecule has 1 atom stereocenters. The van der Waals surface area contributed by atoms with Gasteiger partial charge in [-0.2, -0.15) is 0 Å². The van der Waals surface area contributed by atoms with Crippen LogP contribution in [0.4, 0.5) is 0 Å². The summed E-state index contributed by atoms with van der Waals surface area (Å²) in [5, 5.41) is 0. The van der Waals surface area contributed by atoms with Crippen LogP contribution in [0.3, 0.4) is 0 Å². The number of hydrogen-bond acceptors (Lipinski definition) is 1. The second-order valence-electron chi connectivity index (χ2n) is 2.67. The lowest BCUT2D eigenvalue weighted by molar-refractivity contribution is 0.216. The second-order valence-corrected chi connectivity index (χ2v) is 2.67. The van der Waals surface area contributed by atoms with Crippen molar-refractivity contribution >= 4 is 0 Å². The fourth-order valence-electron chi connectivity index (χ4n) is 1.12. The number of rotatable bonds is 1. The molecule has 0 aliphatic carbocycles. The van der Waals surface area contributed by atoms with Crippen LogP contribution in [0.2, 0.25) is 0 Å². The van der Waals surface area contributed by atoms with E-state index >= 15 is 0 Å². The van der Waals surface area contributed by atoms with E-state index in [2.05, 4.69) is 20.8 Å². The molecule has 0 radical (unpaired) electrons.